The summed E-state index contributed by atoms with van der Waals surface area (Å²) in [5.74, 6) is 1.38. The number of nitrogens with two attached hydrogens (primary N) is 1. The van der Waals surface area contributed by atoms with E-state index < -0.39 is 10.0 Å². The fraction of sp³-hybridized carbons (Fsp3) is 0.250. The van der Waals surface area contributed by atoms with E-state index in [1.807, 2.05) is 25.1 Å². The van der Waals surface area contributed by atoms with E-state index in [1.54, 1.807) is 19.2 Å². The van der Waals surface area contributed by atoms with E-state index in [0.717, 1.165) is 11.3 Å². The first-order chi connectivity index (χ1) is 11.0. The average molecular weight is 336 g/mol. The molecule has 2 aromatic rings. The van der Waals surface area contributed by atoms with Gasteiger partial charge in [0.15, 0.2) is 11.5 Å². The molecule has 0 heterocycles. The molecule has 0 aromatic heterocycles. The molecule has 0 spiro atoms. The lowest BCUT2D eigenvalue weighted by atomic mass is 10.1. The van der Waals surface area contributed by atoms with Crippen molar-refractivity contribution in [3.05, 3.63) is 48.0 Å². The molecular weight excluding hydrogens is 316 g/mol. The normalized spacial score (nSPS) is 11.1. The number of hydrogen-bond acceptors (Lipinski definition) is 5. The SMILES string of the molecule is CCOc1c(CNc2ccc(S(N)(=O)=O)cc2)cccc1OC. The minimum Gasteiger partial charge on any atom is -0.493 e. The largest absolute Gasteiger partial charge is 0.493 e. The Hall–Kier alpha value is -2.25. The van der Waals surface area contributed by atoms with E-state index in [-0.39, 0.29) is 4.90 Å². The van der Waals surface area contributed by atoms with E-state index in [9.17, 15) is 8.42 Å². The number of nitrogens with one attached hydrogen (secondary N) is 1. The number of primary sulfonamides is 1. The molecule has 0 saturated heterocycles. The molecule has 0 bridgehead atoms. The Morgan fingerprint density at radius 1 is 1.13 bits per heavy atom. The number of hydrogen-bond donors (Lipinski definition) is 2. The maximum atomic E-state index is 11.2. The van der Waals surface area contributed by atoms with Crippen LogP contribution in [0.3, 0.4) is 0 Å². The van der Waals surface area contributed by atoms with Gasteiger partial charge in [-0.15, -0.1) is 0 Å². The van der Waals surface area contributed by atoms with Crippen LogP contribution in [0.5, 0.6) is 11.5 Å². The lowest BCUT2D eigenvalue weighted by Gasteiger charge is -2.15. The van der Waals surface area contributed by atoms with Crippen LogP contribution in [-0.4, -0.2) is 22.1 Å². The molecule has 0 aliphatic carbocycles. The first-order valence-corrected chi connectivity index (χ1v) is 8.65. The molecule has 0 radical (unpaired) electrons. The Bertz CT molecular complexity index is 758. The summed E-state index contributed by atoms with van der Waals surface area (Å²) in [7, 11) is -2.08. The molecule has 3 N–H and O–H groups in total. The van der Waals surface area contributed by atoms with E-state index in [4.69, 9.17) is 14.6 Å². The van der Waals surface area contributed by atoms with Crippen molar-refractivity contribution in [2.24, 2.45) is 5.14 Å². The van der Waals surface area contributed by atoms with Crippen molar-refractivity contribution in [2.45, 2.75) is 18.4 Å². The van der Waals surface area contributed by atoms with Crippen molar-refractivity contribution in [1.82, 2.24) is 0 Å². The molecule has 0 atom stereocenters. The van der Waals surface area contributed by atoms with Crippen molar-refractivity contribution < 1.29 is 17.9 Å². The number of anilines is 1. The number of sulfonamides is 1. The second kappa shape index (κ2) is 7.34. The Labute approximate surface area is 136 Å². The van der Waals surface area contributed by atoms with Gasteiger partial charge in [0, 0.05) is 17.8 Å². The highest BCUT2D eigenvalue weighted by atomic mass is 32.2. The van der Waals surface area contributed by atoms with Crippen LogP contribution in [0.2, 0.25) is 0 Å². The fourth-order valence-electron chi connectivity index (χ4n) is 2.13. The summed E-state index contributed by atoms with van der Waals surface area (Å²) in [5.41, 5.74) is 1.73. The highest BCUT2D eigenvalue weighted by Gasteiger charge is 2.10. The van der Waals surface area contributed by atoms with Gasteiger partial charge in [0.1, 0.15) is 0 Å². The third-order valence-electron chi connectivity index (χ3n) is 3.23. The lowest BCUT2D eigenvalue weighted by Crippen LogP contribution is -2.12. The van der Waals surface area contributed by atoms with Crippen LogP contribution in [-0.2, 0) is 16.6 Å². The predicted molar refractivity (Wildman–Crippen MR) is 89.3 cm³/mol. The molecule has 2 rings (SSSR count). The topological polar surface area (TPSA) is 90.6 Å². The van der Waals surface area contributed by atoms with Gasteiger partial charge in [0.05, 0.1) is 18.6 Å². The Kier molecular flexibility index (Phi) is 5.46. The van der Waals surface area contributed by atoms with Crippen LogP contribution < -0.4 is 19.9 Å². The number of methoxy groups -OCH3 is 1. The second-order valence-corrected chi connectivity index (χ2v) is 6.37. The fourth-order valence-corrected chi connectivity index (χ4v) is 2.64. The summed E-state index contributed by atoms with van der Waals surface area (Å²) in [6.45, 7) is 2.97. The van der Waals surface area contributed by atoms with Gasteiger partial charge >= 0.3 is 0 Å². The molecule has 0 unspecified atom stereocenters. The minimum atomic E-state index is -3.67. The van der Waals surface area contributed by atoms with Crippen molar-refractivity contribution >= 4 is 15.7 Å². The van der Waals surface area contributed by atoms with Gasteiger partial charge < -0.3 is 14.8 Å². The molecule has 0 amide bonds. The smallest absolute Gasteiger partial charge is 0.238 e. The van der Waals surface area contributed by atoms with Gasteiger partial charge in [0.2, 0.25) is 10.0 Å². The molecule has 7 heteroatoms. The van der Waals surface area contributed by atoms with Gasteiger partial charge in [0.25, 0.3) is 0 Å². The minimum absolute atomic E-state index is 0.0828. The van der Waals surface area contributed by atoms with E-state index in [1.165, 1.54) is 12.1 Å². The molecule has 6 nitrogen and oxygen atoms in total. The summed E-state index contributed by atoms with van der Waals surface area (Å²) >= 11 is 0. The number of ether oxygens (including phenoxy) is 2. The molecule has 2 aromatic carbocycles. The van der Waals surface area contributed by atoms with Crippen LogP contribution >= 0.6 is 0 Å². The number of rotatable bonds is 7. The number of para-hydroxylation sites is 1. The van der Waals surface area contributed by atoms with Crippen molar-refractivity contribution in [2.75, 3.05) is 19.0 Å². The molecule has 0 saturated carbocycles. The Morgan fingerprint density at radius 3 is 2.39 bits per heavy atom. The van der Waals surface area contributed by atoms with Crippen molar-refractivity contribution in [3.8, 4) is 11.5 Å². The van der Waals surface area contributed by atoms with Gasteiger partial charge in [-0.3, -0.25) is 0 Å². The first-order valence-electron chi connectivity index (χ1n) is 7.11. The van der Waals surface area contributed by atoms with Crippen LogP contribution in [0, 0.1) is 0 Å². The molecule has 0 aliphatic rings. The van der Waals surface area contributed by atoms with E-state index >= 15 is 0 Å². The third-order valence-corrected chi connectivity index (χ3v) is 4.16. The first kappa shape index (κ1) is 17.1. The molecule has 124 valence electrons. The summed E-state index contributed by atoms with van der Waals surface area (Å²) in [6.07, 6.45) is 0. The summed E-state index contributed by atoms with van der Waals surface area (Å²) < 4.78 is 33.4. The van der Waals surface area contributed by atoms with E-state index in [0.29, 0.717) is 24.7 Å². The number of benzene rings is 2. The standard InChI is InChI=1S/C16H20N2O4S/c1-3-22-16-12(5-4-6-15(16)21-2)11-18-13-7-9-14(10-8-13)23(17,19)20/h4-10,18H,3,11H2,1-2H3,(H2,17,19,20). The van der Waals surface area contributed by atoms with Crippen LogP contribution in [0.1, 0.15) is 12.5 Å². The van der Waals surface area contributed by atoms with Crippen LogP contribution in [0.4, 0.5) is 5.69 Å². The summed E-state index contributed by atoms with van der Waals surface area (Å²) in [5, 5.41) is 8.30. The van der Waals surface area contributed by atoms with Gasteiger partial charge in [-0.1, -0.05) is 12.1 Å². The zero-order valence-corrected chi connectivity index (χ0v) is 13.9. The monoisotopic (exact) mass is 336 g/mol. The van der Waals surface area contributed by atoms with Gasteiger partial charge in [-0.2, -0.15) is 0 Å². The predicted octanol–water partition coefficient (Wildman–Crippen LogP) is 2.35. The molecule has 23 heavy (non-hydrogen) atoms. The summed E-state index contributed by atoms with van der Waals surface area (Å²) in [4.78, 5) is 0.0828. The Morgan fingerprint density at radius 2 is 1.83 bits per heavy atom. The quantitative estimate of drug-likeness (QED) is 0.810. The molecule has 0 fully saturated rings. The highest BCUT2D eigenvalue weighted by molar-refractivity contribution is 7.89. The zero-order valence-electron chi connectivity index (χ0n) is 13.1. The molecular formula is C16H20N2O4S. The van der Waals surface area contributed by atoms with Crippen LogP contribution in [0.25, 0.3) is 0 Å². The second-order valence-electron chi connectivity index (χ2n) is 4.80. The Balaban J connectivity index is 2.15. The van der Waals surface area contributed by atoms with Gasteiger partial charge in [-0.25, -0.2) is 13.6 Å². The van der Waals surface area contributed by atoms with E-state index in [2.05, 4.69) is 5.32 Å². The maximum Gasteiger partial charge on any atom is 0.238 e. The molecule has 0 aliphatic heterocycles. The third kappa shape index (κ3) is 4.37. The zero-order chi connectivity index (χ0) is 16.9. The van der Waals surface area contributed by atoms with Crippen molar-refractivity contribution in [3.63, 3.8) is 0 Å². The lowest BCUT2D eigenvalue weighted by molar-refractivity contribution is 0.308. The average Bonchev–Trinajstić information content (AvgIpc) is 2.53. The maximum absolute atomic E-state index is 11.2. The highest BCUT2D eigenvalue weighted by Crippen LogP contribution is 2.31. The summed E-state index contributed by atoms with van der Waals surface area (Å²) in [6, 6.07) is 11.9. The van der Waals surface area contributed by atoms with Gasteiger partial charge in [-0.05, 0) is 37.3 Å². The van der Waals surface area contributed by atoms with Crippen molar-refractivity contribution in [1.29, 1.82) is 0 Å². The van der Waals surface area contributed by atoms with Crippen LogP contribution in [0.15, 0.2) is 47.4 Å².